The van der Waals surface area contributed by atoms with Gasteiger partial charge in [0.2, 0.25) is 0 Å². The van der Waals surface area contributed by atoms with Crippen LogP contribution in [0.15, 0.2) is 170 Å². The summed E-state index contributed by atoms with van der Waals surface area (Å²) in [7, 11) is 0. The van der Waals surface area contributed by atoms with Gasteiger partial charge >= 0.3 is 11.9 Å². The van der Waals surface area contributed by atoms with Crippen molar-refractivity contribution in [1.82, 2.24) is 0 Å². The first-order valence-corrected chi connectivity index (χ1v) is 32.7. The van der Waals surface area contributed by atoms with E-state index in [1.54, 1.807) is 0 Å². The third kappa shape index (κ3) is 65.8. The number of esters is 2. The number of carbonyl (C=O) groups excluding carboxylic acids is 2. The number of unbranched alkanes of at least 4 members (excludes halogenated alkanes) is 22. The van der Waals surface area contributed by atoms with Crippen LogP contribution in [0, 0.1) is 0 Å². The Morgan fingerprint density at radius 1 is 0.287 bits per heavy atom. The number of carbonyl (C=O) groups is 2. The van der Waals surface area contributed by atoms with E-state index in [9.17, 15) is 14.7 Å². The molecule has 1 atom stereocenters. The summed E-state index contributed by atoms with van der Waals surface area (Å²) in [4.78, 5) is 24.6. The molecule has 0 heterocycles. The smallest absolute Gasteiger partial charge is 0.306 e. The molecule has 0 aromatic heterocycles. The van der Waals surface area contributed by atoms with E-state index in [0.717, 1.165) is 128 Å². The van der Waals surface area contributed by atoms with Gasteiger partial charge in [-0.1, -0.05) is 300 Å². The minimum absolute atomic E-state index is 0.0777. The molecule has 5 heteroatoms. The van der Waals surface area contributed by atoms with Gasteiger partial charge in [0, 0.05) is 12.8 Å². The predicted molar refractivity (Wildman–Crippen MR) is 352 cm³/mol. The van der Waals surface area contributed by atoms with Gasteiger partial charge in [-0.05, 0) is 128 Å². The summed E-state index contributed by atoms with van der Waals surface area (Å²) in [5, 5.41) is 9.69. The molecule has 0 aliphatic rings. The van der Waals surface area contributed by atoms with Crippen molar-refractivity contribution in [3.05, 3.63) is 170 Å². The Kier molecular flexibility index (Phi) is 64.5. The average molecular weight is 1100 g/mol. The Morgan fingerprint density at radius 3 is 0.750 bits per heavy atom. The van der Waals surface area contributed by atoms with Crippen LogP contribution in [-0.4, -0.2) is 36.4 Å². The van der Waals surface area contributed by atoms with Gasteiger partial charge < -0.3 is 14.6 Å². The second kappa shape index (κ2) is 68.5. The maximum atomic E-state index is 12.4. The molecule has 0 aliphatic heterocycles. The summed E-state index contributed by atoms with van der Waals surface area (Å²) in [6.07, 6.45) is 106. The van der Waals surface area contributed by atoms with Crippen molar-refractivity contribution in [2.45, 2.75) is 277 Å². The molecule has 0 bridgehead atoms. The first-order chi connectivity index (χ1) is 39.6. The molecule has 0 amide bonds. The lowest BCUT2D eigenvalue weighted by atomic mass is 10.0. The fourth-order valence-corrected chi connectivity index (χ4v) is 8.69. The van der Waals surface area contributed by atoms with E-state index in [2.05, 4.69) is 184 Å². The van der Waals surface area contributed by atoms with Gasteiger partial charge in [0.1, 0.15) is 6.61 Å². The molecule has 0 fully saturated rings. The largest absolute Gasteiger partial charge is 0.462 e. The molecule has 0 aliphatic carbocycles. The highest BCUT2D eigenvalue weighted by Crippen LogP contribution is 2.15. The van der Waals surface area contributed by atoms with Gasteiger partial charge in [0.05, 0.1) is 6.61 Å². The van der Waals surface area contributed by atoms with Crippen molar-refractivity contribution >= 4 is 11.9 Å². The number of rotatable bonds is 58. The molecule has 0 spiro atoms. The summed E-state index contributed by atoms with van der Waals surface area (Å²) in [6.45, 7) is 3.91. The molecule has 0 aromatic rings. The molecule has 450 valence electrons. The van der Waals surface area contributed by atoms with Gasteiger partial charge in [0.15, 0.2) is 6.10 Å². The molecule has 80 heavy (non-hydrogen) atoms. The Hall–Kier alpha value is -4.74. The highest BCUT2D eigenvalue weighted by molar-refractivity contribution is 5.70. The molecule has 1 unspecified atom stereocenters. The molecule has 5 nitrogen and oxygen atoms in total. The fourth-order valence-electron chi connectivity index (χ4n) is 8.69. The molecule has 0 saturated carbocycles. The number of allylic oxidation sites excluding steroid dienone is 28. The summed E-state index contributed by atoms with van der Waals surface area (Å²) >= 11 is 0. The van der Waals surface area contributed by atoms with Crippen molar-refractivity contribution in [3.63, 3.8) is 0 Å². The summed E-state index contributed by atoms with van der Waals surface area (Å²) in [6, 6.07) is 0. The third-order valence-electron chi connectivity index (χ3n) is 13.5. The van der Waals surface area contributed by atoms with Crippen LogP contribution in [0.4, 0.5) is 0 Å². The maximum absolute atomic E-state index is 12.4. The van der Waals surface area contributed by atoms with Crippen LogP contribution >= 0.6 is 0 Å². The van der Waals surface area contributed by atoms with Gasteiger partial charge in [-0.2, -0.15) is 0 Å². The lowest BCUT2D eigenvalue weighted by Crippen LogP contribution is -2.28. The Labute approximate surface area is 493 Å². The molecule has 0 radical (unpaired) electrons. The van der Waals surface area contributed by atoms with Crippen LogP contribution in [0.2, 0.25) is 0 Å². The number of aliphatic hydroxyl groups excluding tert-OH is 1. The molecule has 0 rings (SSSR count). The van der Waals surface area contributed by atoms with Gasteiger partial charge in [0.25, 0.3) is 0 Å². The predicted octanol–water partition coefficient (Wildman–Crippen LogP) is 22.9. The maximum Gasteiger partial charge on any atom is 0.306 e. The van der Waals surface area contributed by atoms with Gasteiger partial charge in [-0.15, -0.1) is 0 Å². The van der Waals surface area contributed by atoms with Crippen molar-refractivity contribution in [2.75, 3.05) is 13.2 Å². The van der Waals surface area contributed by atoms with Crippen molar-refractivity contribution in [2.24, 2.45) is 0 Å². The van der Waals surface area contributed by atoms with Crippen LogP contribution in [0.25, 0.3) is 0 Å². The average Bonchev–Trinajstić information content (AvgIpc) is 3.46. The van der Waals surface area contributed by atoms with E-state index in [1.165, 1.54) is 116 Å². The fraction of sp³-hybridized carbons (Fsp3) is 0.600. The Balaban J connectivity index is 3.56. The van der Waals surface area contributed by atoms with Crippen LogP contribution in [-0.2, 0) is 19.1 Å². The molecule has 1 N–H and O–H groups in total. The highest BCUT2D eigenvalue weighted by atomic mass is 16.6. The first-order valence-electron chi connectivity index (χ1n) is 32.7. The number of ether oxygens (including phenoxy) is 2. The second-order valence-corrected chi connectivity index (χ2v) is 21.1. The van der Waals surface area contributed by atoms with Crippen LogP contribution in [0.1, 0.15) is 271 Å². The highest BCUT2D eigenvalue weighted by Gasteiger charge is 2.16. The van der Waals surface area contributed by atoms with E-state index in [4.69, 9.17) is 9.47 Å². The molecule has 0 saturated heterocycles. The molecule has 0 aromatic carbocycles. The number of hydrogen-bond acceptors (Lipinski definition) is 5. The molecular formula is C75H120O5. The van der Waals surface area contributed by atoms with Crippen molar-refractivity contribution in [3.8, 4) is 0 Å². The Morgan fingerprint density at radius 2 is 0.500 bits per heavy atom. The lowest BCUT2D eigenvalue weighted by Gasteiger charge is -2.15. The lowest BCUT2D eigenvalue weighted by molar-refractivity contribution is -0.161. The molecular weight excluding hydrogens is 981 g/mol. The van der Waals surface area contributed by atoms with E-state index in [0.29, 0.717) is 12.8 Å². The second-order valence-electron chi connectivity index (χ2n) is 21.1. The minimum atomic E-state index is -0.789. The van der Waals surface area contributed by atoms with E-state index in [-0.39, 0.29) is 25.2 Å². The van der Waals surface area contributed by atoms with E-state index < -0.39 is 6.10 Å². The van der Waals surface area contributed by atoms with Crippen LogP contribution in [0.3, 0.4) is 0 Å². The first kappa shape index (κ1) is 75.3. The van der Waals surface area contributed by atoms with Gasteiger partial charge in [-0.3, -0.25) is 9.59 Å². The summed E-state index contributed by atoms with van der Waals surface area (Å²) < 4.78 is 10.7. The standard InChI is InChI=1S/C75H120O5/c1-3-5-7-9-11-13-15-17-19-21-23-25-27-29-31-33-35-36-37-38-40-42-44-46-48-50-52-54-56-58-60-62-64-66-68-70-75(78)80-73(71-76)72-79-74(77)69-67-65-63-61-59-57-55-53-51-49-47-45-43-41-39-34-32-30-28-26-24-22-20-18-16-14-12-10-8-6-4-2/h5-8,11-14,17-20,23-26,29-32,35-36,38-41,44,46,73,76H,3-4,9-10,15-16,21-22,27-28,33-34,37,42-43,45,47-72H2,1-2H3/b7-5-,8-6-,13-11-,14-12-,19-17-,20-18-,25-23-,26-24-,31-29-,32-30-,36-35-,40-38-,41-39-,46-44-. The van der Waals surface area contributed by atoms with Crippen molar-refractivity contribution < 1.29 is 24.2 Å². The zero-order valence-electron chi connectivity index (χ0n) is 51.5. The zero-order chi connectivity index (χ0) is 57.6. The SMILES string of the molecule is CC/C=C\C/C=C\C/C=C\C/C=C\C/C=C\C/C=C\C/C=C\C/C=C\CCCCCCCCCCCCC(=O)OC(CO)COC(=O)CCCCCCCCCCCCCC/C=C\C/C=C\C/C=C\C/C=C\C/C=C\C/C=C\CC. The number of aliphatic hydroxyl groups is 1. The topological polar surface area (TPSA) is 72.8 Å². The zero-order valence-corrected chi connectivity index (χ0v) is 51.5. The number of hydrogen-bond donors (Lipinski definition) is 1. The van der Waals surface area contributed by atoms with Crippen LogP contribution < -0.4 is 0 Å². The van der Waals surface area contributed by atoms with Crippen LogP contribution in [0.5, 0.6) is 0 Å². The van der Waals surface area contributed by atoms with Crippen molar-refractivity contribution in [1.29, 1.82) is 0 Å². The third-order valence-corrected chi connectivity index (χ3v) is 13.5. The minimum Gasteiger partial charge on any atom is -0.462 e. The van der Waals surface area contributed by atoms with E-state index in [1.807, 2.05) is 0 Å². The monoisotopic (exact) mass is 1100 g/mol. The van der Waals surface area contributed by atoms with E-state index >= 15 is 0 Å². The quantitative estimate of drug-likeness (QED) is 0.0373. The van der Waals surface area contributed by atoms with Gasteiger partial charge in [-0.25, -0.2) is 0 Å². The summed E-state index contributed by atoms with van der Waals surface area (Å²) in [5.41, 5.74) is 0. The Bertz CT molecular complexity index is 1770. The normalized spacial score (nSPS) is 13.4. The summed E-state index contributed by atoms with van der Waals surface area (Å²) in [5.74, 6) is -0.604.